The summed E-state index contributed by atoms with van der Waals surface area (Å²) < 4.78 is 8.71. The third-order valence-electron chi connectivity index (χ3n) is 5.77. The van der Waals surface area contributed by atoms with Crippen molar-refractivity contribution in [2.75, 3.05) is 13.1 Å². The Labute approximate surface area is 188 Å². The Morgan fingerprint density at radius 2 is 2.09 bits per heavy atom. The standard InChI is InChI=1S/C24H23N3O4S/c1-3-22(29)27-14(2)10-15-11-17(4-5-19(15)27)31-20-6-8-25-18-12-21(32-23(18)20)24(30)26-9-7-16(28)13-26/h4-6,8,10-12,16,28H,3,7,9,13H2,1-2H3/t16-/m0/s1. The number of nitrogens with zero attached hydrogens (tertiary/aromatic N) is 3. The van der Waals surface area contributed by atoms with E-state index < -0.39 is 6.10 Å². The lowest BCUT2D eigenvalue weighted by Gasteiger charge is -2.13. The number of fused-ring (bicyclic) bond motifs is 2. The minimum atomic E-state index is -0.452. The maximum Gasteiger partial charge on any atom is 0.264 e. The van der Waals surface area contributed by atoms with E-state index >= 15 is 0 Å². The predicted octanol–water partition coefficient (Wildman–Crippen LogP) is 4.61. The average Bonchev–Trinajstić information content (AvgIpc) is 3.49. The fourth-order valence-corrected chi connectivity index (χ4v) is 5.23. The predicted molar refractivity (Wildman–Crippen MR) is 124 cm³/mol. The molecule has 0 aliphatic carbocycles. The fraction of sp³-hybridized carbons (Fsp3) is 0.292. The van der Waals surface area contributed by atoms with Gasteiger partial charge in [0.05, 0.1) is 26.7 Å². The first-order chi connectivity index (χ1) is 15.4. The molecule has 4 heterocycles. The van der Waals surface area contributed by atoms with Crippen LogP contribution < -0.4 is 4.74 Å². The monoisotopic (exact) mass is 449 g/mol. The first kappa shape index (κ1) is 20.7. The molecule has 1 saturated heterocycles. The number of aliphatic hydroxyl groups is 1. The molecule has 1 aliphatic rings. The van der Waals surface area contributed by atoms with Crippen molar-refractivity contribution in [1.29, 1.82) is 0 Å². The smallest absolute Gasteiger partial charge is 0.264 e. The summed E-state index contributed by atoms with van der Waals surface area (Å²) in [6, 6.07) is 11.2. The summed E-state index contributed by atoms with van der Waals surface area (Å²) in [4.78, 5) is 31.8. The van der Waals surface area contributed by atoms with E-state index in [1.165, 1.54) is 11.3 Å². The minimum absolute atomic E-state index is 0.0586. The van der Waals surface area contributed by atoms with Gasteiger partial charge < -0.3 is 14.7 Å². The summed E-state index contributed by atoms with van der Waals surface area (Å²) in [5.74, 6) is 1.24. The normalized spacial score (nSPS) is 16.2. The van der Waals surface area contributed by atoms with Crippen LogP contribution in [-0.2, 0) is 0 Å². The summed E-state index contributed by atoms with van der Waals surface area (Å²) in [6.07, 6.45) is 2.26. The number of hydrogen-bond donors (Lipinski definition) is 1. The topological polar surface area (TPSA) is 84.7 Å². The summed E-state index contributed by atoms with van der Waals surface area (Å²) in [6.45, 7) is 4.70. The lowest BCUT2D eigenvalue weighted by Crippen LogP contribution is -2.28. The van der Waals surface area contributed by atoms with Crippen molar-refractivity contribution >= 4 is 44.3 Å². The molecule has 1 amide bonds. The molecule has 3 aromatic heterocycles. The van der Waals surface area contributed by atoms with Crippen LogP contribution in [0.25, 0.3) is 21.1 Å². The summed E-state index contributed by atoms with van der Waals surface area (Å²) in [5.41, 5.74) is 2.45. The van der Waals surface area contributed by atoms with E-state index in [4.69, 9.17) is 4.74 Å². The van der Waals surface area contributed by atoms with Gasteiger partial charge in [0.2, 0.25) is 5.91 Å². The van der Waals surface area contributed by atoms with Crippen molar-refractivity contribution < 1.29 is 19.4 Å². The molecule has 1 fully saturated rings. The second kappa shape index (κ2) is 8.03. The van der Waals surface area contributed by atoms with Gasteiger partial charge in [-0.1, -0.05) is 6.92 Å². The molecule has 0 bridgehead atoms. The zero-order valence-corrected chi connectivity index (χ0v) is 18.7. The van der Waals surface area contributed by atoms with Gasteiger partial charge in [0.1, 0.15) is 11.5 Å². The number of pyridine rings is 1. The highest BCUT2D eigenvalue weighted by atomic mass is 32.1. The third kappa shape index (κ3) is 3.55. The number of amides is 1. The zero-order valence-electron chi connectivity index (χ0n) is 17.9. The Morgan fingerprint density at radius 1 is 1.25 bits per heavy atom. The molecular formula is C24H23N3O4S. The molecule has 8 heteroatoms. The number of aliphatic hydroxyl groups excluding tert-OH is 1. The van der Waals surface area contributed by atoms with E-state index in [9.17, 15) is 14.7 Å². The molecule has 32 heavy (non-hydrogen) atoms. The van der Waals surface area contributed by atoms with Crippen molar-refractivity contribution in [3.05, 3.63) is 53.2 Å². The summed E-state index contributed by atoms with van der Waals surface area (Å²) in [5, 5.41) is 10.7. The molecule has 4 aromatic rings. The number of ether oxygens (including phenoxy) is 1. The number of β-amino-alcohol motifs (C(OH)–C–C–N with tert-alkyl or cyclic N) is 1. The van der Waals surface area contributed by atoms with Crippen LogP contribution in [0.2, 0.25) is 0 Å². The molecule has 1 aliphatic heterocycles. The van der Waals surface area contributed by atoms with E-state index in [-0.39, 0.29) is 11.8 Å². The zero-order chi connectivity index (χ0) is 22.4. The Balaban J connectivity index is 1.46. The second-order valence-corrected chi connectivity index (χ2v) is 9.07. The molecule has 0 saturated carbocycles. The highest BCUT2D eigenvalue weighted by molar-refractivity contribution is 7.21. The van der Waals surface area contributed by atoms with Crippen LogP contribution in [0.3, 0.4) is 0 Å². The number of benzene rings is 1. The molecule has 1 atom stereocenters. The largest absolute Gasteiger partial charge is 0.456 e. The van der Waals surface area contributed by atoms with Crippen LogP contribution >= 0.6 is 11.3 Å². The van der Waals surface area contributed by atoms with Crippen LogP contribution in [0.15, 0.2) is 42.6 Å². The molecule has 0 spiro atoms. The minimum Gasteiger partial charge on any atom is -0.456 e. The highest BCUT2D eigenvalue weighted by Gasteiger charge is 2.27. The molecule has 164 valence electrons. The molecule has 0 radical (unpaired) electrons. The van der Waals surface area contributed by atoms with E-state index in [1.807, 2.05) is 38.1 Å². The third-order valence-corrected chi connectivity index (χ3v) is 6.90. The Morgan fingerprint density at radius 3 is 2.84 bits per heavy atom. The Hall–Kier alpha value is -3.23. The quantitative estimate of drug-likeness (QED) is 0.492. The lowest BCUT2D eigenvalue weighted by molar-refractivity contribution is 0.0769. The molecule has 0 unspecified atom stereocenters. The van der Waals surface area contributed by atoms with Crippen molar-refractivity contribution in [3.8, 4) is 11.5 Å². The van der Waals surface area contributed by atoms with Gasteiger partial charge >= 0.3 is 0 Å². The van der Waals surface area contributed by atoms with Gasteiger partial charge in [0.15, 0.2) is 0 Å². The SMILES string of the molecule is CCC(=O)n1c(C)cc2cc(Oc3ccnc4cc(C(=O)N5CC[C@H](O)C5)sc34)ccc21. The molecule has 1 aromatic carbocycles. The van der Waals surface area contributed by atoms with E-state index in [2.05, 4.69) is 4.98 Å². The van der Waals surface area contributed by atoms with E-state index in [0.29, 0.717) is 47.8 Å². The molecule has 5 rings (SSSR count). The maximum atomic E-state index is 12.8. The van der Waals surface area contributed by atoms with E-state index in [0.717, 1.165) is 21.3 Å². The number of likely N-dealkylation sites (tertiary alicyclic amines) is 1. The van der Waals surface area contributed by atoms with Crippen molar-refractivity contribution in [2.24, 2.45) is 0 Å². The maximum absolute atomic E-state index is 12.8. The van der Waals surface area contributed by atoms with Crippen LogP contribution in [0.4, 0.5) is 0 Å². The number of aromatic nitrogens is 2. The van der Waals surface area contributed by atoms with Gasteiger partial charge in [-0.25, -0.2) is 0 Å². The van der Waals surface area contributed by atoms with E-state index in [1.54, 1.807) is 27.8 Å². The number of hydrogen-bond acceptors (Lipinski definition) is 6. The van der Waals surface area contributed by atoms with Crippen molar-refractivity contribution in [1.82, 2.24) is 14.5 Å². The van der Waals surface area contributed by atoms with Gasteiger partial charge in [0.25, 0.3) is 5.91 Å². The van der Waals surface area contributed by atoms with Gasteiger partial charge in [-0.15, -0.1) is 11.3 Å². The van der Waals surface area contributed by atoms with Crippen LogP contribution in [-0.4, -0.2) is 50.6 Å². The number of carbonyl (C=O) groups excluding carboxylic acids is 2. The highest BCUT2D eigenvalue weighted by Crippen LogP contribution is 2.36. The second-order valence-electron chi connectivity index (χ2n) is 8.02. The first-order valence-electron chi connectivity index (χ1n) is 10.6. The number of thiophene rings is 1. The van der Waals surface area contributed by atoms with Gasteiger partial charge in [0, 0.05) is 42.9 Å². The molecule has 7 nitrogen and oxygen atoms in total. The summed E-state index contributed by atoms with van der Waals surface area (Å²) >= 11 is 1.35. The number of aryl methyl sites for hydroxylation is 1. The van der Waals surface area contributed by atoms with Crippen LogP contribution in [0.1, 0.15) is 39.9 Å². The Bertz CT molecular complexity index is 1360. The number of carbonyl (C=O) groups is 2. The first-order valence-corrected chi connectivity index (χ1v) is 11.5. The average molecular weight is 450 g/mol. The fourth-order valence-electron chi connectivity index (χ4n) is 4.19. The van der Waals surface area contributed by atoms with Crippen LogP contribution in [0.5, 0.6) is 11.5 Å². The molecular weight excluding hydrogens is 426 g/mol. The molecule has 1 N–H and O–H groups in total. The Kier molecular flexibility index (Phi) is 5.19. The summed E-state index contributed by atoms with van der Waals surface area (Å²) in [7, 11) is 0. The lowest BCUT2D eigenvalue weighted by atomic mass is 10.2. The van der Waals surface area contributed by atoms with Crippen molar-refractivity contribution in [2.45, 2.75) is 32.8 Å². The van der Waals surface area contributed by atoms with Gasteiger partial charge in [-0.2, -0.15) is 0 Å². The number of rotatable bonds is 4. The van der Waals surface area contributed by atoms with Gasteiger partial charge in [-0.3, -0.25) is 19.1 Å². The van der Waals surface area contributed by atoms with Gasteiger partial charge in [-0.05, 0) is 43.7 Å². The van der Waals surface area contributed by atoms with Crippen LogP contribution in [0, 0.1) is 6.92 Å². The van der Waals surface area contributed by atoms with Crippen molar-refractivity contribution in [3.63, 3.8) is 0 Å².